The van der Waals surface area contributed by atoms with E-state index in [1.54, 1.807) is 77.6 Å². The van der Waals surface area contributed by atoms with Gasteiger partial charge in [0.1, 0.15) is 6.29 Å². The van der Waals surface area contributed by atoms with Crippen LogP contribution in [0.4, 0.5) is 0 Å². The van der Waals surface area contributed by atoms with Gasteiger partial charge in [0.15, 0.2) is 0 Å². The fourth-order valence-corrected chi connectivity index (χ4v) is 13.7. The second kappa shape index (κ2) is 9.53. The Hall–Kier alpha value is -0.630. The molecular weight excluding hydrogens is 440 g/mol. The van der Waals surface area contributed by atoms with Gasteiger partial charge in [-0.05, 0) is 186 Å². The maximum absolute atomic E-state index is 8.81. The Labute approximate surface area is 224 Å². The van der Waals surface area contributed by atoms with Crippen molar-refractivity contribution in [3.05, 3.63) is 12.2 Å². The quantitative estimate of drug-likeness (QED) is 0.270. The number of carbonyl (C=O) groups is 1. The monoisotopic (exact) mass is 498 g/mol. The van der Waals surface area contributed by atoms with Crippen LogP contribution in [0.5, 0.6) is 0 Å². The predicted octanol–water partition coefficient (Wildman–Crippen LogP) is 8.15. The number of aliphatic hydroxyl groups is 1. The molecule has 0 saturated heterocycles. The molecule has 8 bridgehead atoms. The van der Waals surface area contributed by atoms with Gasteiger partial charge in [-0.3, -0.25) is 0 Å². The summed E-state index contributed by atoms with van der Waals surface area (Å²) in [5, 5.41) is 7.57. The van der Waals surface area contributed by atoms with Gasteiger partial charge in [0, 0.05) is 10.9 Å². The molecule has 16 unspecified atom stereocenters. The number of aldehydes is 1. The van der Waals surface area contributed by atoms with Gasteiger partial charge in [-0.2, -0.15) is 0 Å². The molecule has 0 heterocycles. The van der Waals surface area contributed by atoms with E-state index in [-0.39, 0.29) is 10.9 Å². The highest BCUT2D eigenvalue weighted by atomic mass is 16.2. The van der Waals surface area contributed by atoms with E-state index in [0.29, 0.717) is 0 Å². The Morgan fingerprint density at radius 2 is 0.972 bits per heavy atom. The topological polar surface area (TPSA) is 37.3 Å². The van der Waals surface area contributed by atoms with E-state index in [2.05, 4.69) is 12.2 Å². The Morgan fingerprint density at radius 1 is 0.611 bits per heavy atom. The van der Waals surface area contributed by atoms with Crippen LogP contribution in [-0.4, -0.2) is 18.0 Å². The minimum atomic E-state index is 0. The summed E-state index contributed by atoms with van der Waals surface area (Å²) in [5.41, 5.74) is 0. The van der Waals surface area contributed by atoms with Crippen molar-refractivity contribution in [1.29, 1.82) is 0 Å². The van der Waals surface area contributed by atoms with Crippen molar-refractivity contribution in [2.75, 3.05) is 6.61 Å². The van der Waals surface area contributed by atoms with E-state index in [0.717, 1.165) is 30.0 Å². The molecule has 10 rings (SSSR count). The lowest BCUT2D eigenvalue weighted by molar-refractivity contribution is -0.106. The first-order valence-corrected chi connectivity index (χ1v) is 16.4. The predicted molar refractivity (Wildman–Crippen MR) is 151 cm³/mol. The third-order valence-corrected chi connectivity index (χ3v) is 14.1. The number of fused-ring (bicyclic) bond motifs is 22. The molecule has 2 heteroatoms. The molecule has 0 aromatic carbocycles. The van der Waals surface area contributed by atoms with Gasteiger partial charge in [-0.1, -0.05) is 12.2 Å². The summed E-state index contributed by atoms with van der Waals surface area (Å²) in [4.78, 5) is 8.81. The number of hydrogen-bond acceptors (Lipinski definition) is 2. The van der Waals surface area contributed by atoms with Crippen molar-refractivity contribution < 1.29 is 14.2 Å². The van der Waals surface area contributed by atoms with Gasteiger partial charge in [0.05, 0.1) is 0 Å². The molecule has 2 nitrogen and oxygen atoms in total. The van der Waals surface area contributed by atoms with Gasteiger partial charge >= 0.3 is 0 Å². The Balaban J connectivity index is 0.000000142. The molecule has 16 atom stereocenters. The molecule has 0 aliphatic heterocycles. The zero-order valence-corrected chi connectivity index (χ0v) is 23.0. The van der Waals surface area contributed by atoms with Crippen molar-refractivity contribution in [3.63, 3.8) is 0 Å². The first kappa shape index (κ1) is 24.4. The number of rotatable bonds is 0. The second-order valence-electron chi connectivity index (χ2n) is 14.9. The molecule has 0 amide bonds. The Kier molecular flexibility index (Phi) is 6.46. The zero-order valence-electron chi connectivity index (χ0n) is 23.0. The zero-order chi connectivity index (χ0) is 24.6. The molecule has 206 valence electrons. The van der Waals surface area contributed by atoms with E-state index in [4.69, 9.17) is 9.90 Å². The minimum Gasteiger partial charge on any atom is -0.397 e. The van der Waals surface area contributed by atoms with Crippen LogP contribution < -0.4 is 0 Å². The van der Waals surface area contributed by atoms with Crippen LogP contribution >= 0.6 is 0 Å². The molecule has 9 saturated carbocycles. The smallest absolute Gasteiger partial charge is 0.116 e. The highest BCUT2D eigenvalue weighted by molar-refractivity contribution is 5.44. The van der Waals surface area contributed by atoms with Crippen LogP contribution in [-0.2, 0) is 4.79 Å². The lowest BCUT2D eigenvalue weighted by atomic mass is 9.72. The summed E-state index contributed by atoms with van der Waals surface area (Å²) in [6.45, 7) is 3.38. The average Bonchev–Trinajstić information content (AvgIpc) is 3.72. The number of aliphatic hydroxyl groups excluding tert-OH is 1. The molecule has 10 aliphatic carbocycles. The van der Waals surface area contributed by atoms with Gasteiger partial charge in [0.2, 0.25) is 0 Å². The molecule has 36 heavy (non-hydrogen) atoms. The standard InChI is InChI=1S/C15H22.C15H20.C2H6O.C2H4O.3H2/c2*1-3-10-5-8(1)12-7-13-9-2-4-11(6-9)15(13)14(10)12;2*1-2-3;;;/h8-15H,1-7H2;1,3,8-15H,2,4-7H2;3H,2H2,1H3;2H,1H3;3*1H. The first-order chi connectivity index (χ1) is 17.7. The Morgan fingerprint density at radius 3 is 1.44 bits per heavy atom. The van der Waals surface area contributed by atoms with Crippen LogP contribution in [0.25, 0.3) is 0 Å². The average molecular weight is 499 g/mol. The van der Waals surface area contributed by atoms with Gasteiger partial charge in [-0.15, -0.1) is 0 Å². The van der Waals surface area contributed by atoms with Gasteiger partial charge in [-0.25, -0.2) is 0 Å². The van der Waals surface area contributed by atoms with Crippen molar-refractivity contribution in [2.45, 2.75) is 90.9 Å². The number of carbonyl (C=O) groups excluding carboxylic acids is 1. The normalized spacial score (nSPS) is 57.8. The molecule has 0 spiro atoms. The van der Waals surface area contributed by atoms with E-state index >= 15 is 0 Å². The van der Waals surface area contributed by atoms with Crippen LogP contribution in [0.2, 0.25) is 0 Å². The summed E-state index contributed by atoms with van der Waals surface area (Å²) >= 11 is 0. The highest BCUT2D eigenvalue weighted by Crippen LogP contribution is 2.71. The third kappa shape index (κ3) is 3.54. The molecule has 0 radical (unpaired) electrons. The van der Waals surface area contributed by atoms with Gasteiger partial charge < -0.3 is 9.90 Å². The fourth-order valence-electron chi connectivity index (χ4n) is 13.7. The maximum atomic E-state index is 8.81. The lowest BCUT2D eigenvalue weighted by Gasteiger charge is -2.33. The molecule has 0 aromatic heterocycles. The van der Waals surface area contributed by atoms with Crippen molar-refractivity contribution in [3.8, 4) is 0 Å². The van der Waals surface area contributed by atoms with Crippen LogP contribution in [0.15, 0.2) is 12.2 Å². The summed E-state index contributed by atoms with van der Waals surface area (Å²) in [7, 11) is 0. The molecular formula is C34H58O2. The highest BCUT2D eigenvalue weighted by Gasteiger charge is 2.64. The number of hydrogen-bond donors (Lipinski definition) is 1. The lowest BCUT2D eigenvalue weighted by Crippen LogP contribution is -2.27. The first-order valence-electron chi connectivity index (χ1n) is 16.4. The van der Waals surface area contributed by atoms with Crippen molar-refractivity contribution >= 4 is 6.29 Å². The molecule has 10 aliphatic rings. The fraction of sp³-hybridized carbons (Fsp3) is 0.912. The van der Waals surface area contributed by atoms with E-state index in [1.165, 1.54) is 84.4 Å². The molecule has 9 fully saturated rings. The summed E-state index contributed by atoms with van der Waals surface area (Å²) in [6, 6.07) is 0. The van der Waals surface area contributed by atoms with Crippen molar-refractivity contribution in [2.24, 2.45) is 94.7 Å². The van der Waals surface area contributed by atoms with E-state index < -0.39 is 0 Å². The summed E-state index contributed by atoms with van der Waals surface area (Å²) < 4.78 is 0. The minimum absolute atomic E-state index is 0. The van der Waals surface area contributed by atoms with Crippen LogP contribution in [0.3, 0.4) is 0 Å². The maximum Gasteiger partial charge on any atom is 0.116 e. The summed E-state index contributed by atoms with van der Waals surface area (Å²) in [5.74, 6) is 18.8. The van der Waals surface area contributed by atoms with Gasteiger partial charge in [0.25, 0.3) is 0 Å². The second-order valence-corrected chi connectivity index (χ2v) is 14.9. The Bertz CT molecular complexity index is 831. The molecule has 0 aromatic rings. The van der Waals surface area contributed by atoms with E-state index in [1.807, 2.05) is 0 Å². The SMILES string of the molecule is C1=CC2CC1C1CC3C4CCC(C4)C3C21.C1CC2CC1C1CC3C4CCC(C4)C3C21.CC=O.CCO.[HH].[HH].[HH]. The van der Waals surface area contributed by atoms with E-state index in [9.17, 15) is 0 Å². The molecule has 1 N–H and O–H groups in total. The third-order valence-electron chi connectivity index (χ3n) is 14.1. The summed E-state index contributed by atoms with van der Waals surface area (Å²) in [6.07, 6.45) is 25.3. The largest absolute Gasteiger partial charge is 0.397 e. The van der Waals surface area contributed by atoms with Crippen LogP contribution in [0.1, 0.15) is 95.2 Å². The van der Waals surface area contributed by atoms with Crippen LogP contribution in [0, 0.1) is 94.7 Å². The van der Waals surface area contributed by atoms with Crippen molar-refractivity contribution in [1.82, 2.24) is 0 Å². The number of allylic oxidation sites excluding steroid dienone is 2.